The van der Waals surface area contributed by atoms with Gasteiger partial charge in [0.1, 0.15) is 11.6 Å². The Hall–Kier alpha value is -2.65. The Morgan fingerprint density at radius 2 is 2.04 bits per heavy atom. The number of carbonyl (C=O) groups is 1. The molecule has 5 nitrogen and oxygen atoms in total. The van der Waals surface area contributed by atoms with Crippen molar-refractivity contribution in [3.63, 3.8) is 0 Å². The van der Waals surface area contributed by atoms with Crippen LogP contribution in [0.15, 0.2) is 47.1 Å². The van der Waals surface area contributed by atoms with Gasteiger partial charge in [0.05, 0.1) is 31.8 Å². The van der Waals surface area contributed by atoms with Crippen molar-refractivity contribution >= 4 is 11.6 Å². The van der Waals surface area contributed by atoms with Crippen LogP contribution in [0.25, 0.3) is 0 Å². The van der Waals surface area contributed by atoms with Crippen LogP contribution in [-0.2, 0) is 11.3 Å². The first kappa shape index (κ1) is 16.7. The number of hydrogen-bond acceptors (Lipinski definition) is 4. The van der Waals surface area contributed by atoms with Crippen molar-refractivity contribution in [2.24, 2.45) is 0 Å². The van der Waals surface area contributed by atoms with Crippen LogP contribution >= 0.6 is 0 Å². The summed E-state index contributed by atoms with van der Waals surface area (Å²) in [6.45, 7) is 0.952. The third kappa shape index (κ3) is 4.94. The zero-order valence-electron chi connectivity index (χ0n) is 12.9. The number of benzene rings is 1. The van der Waals surface area contributed by atoms with Gasteiger partial charge in [-0.25, -0.2) is 4.39 Å². The van der Waals surface area contributed by atoms with Gasteiger partial charge < -0.3 is 9.32 Å². The van der Waals surface area contributed by atoms with E-state index in [1.807, 2.05) is 24.1 Å². The van der Waals surface area contributed by atoms with E-state index in [0.29, 0.717) is 12.2 Å². The largest absolute Gasteiger partial charge is 0.468 e. The average Bonchev–Trinajstić information content (AvgIpc) is 3.02. The highest BCUT2D eigenvalue weighted by Gasteiger charge is 2.18. The number of rotatable bonds is 7. The Bertz CT molecular complexity index is 662. The number of amides is 1. The molecule has 0 aliphatic heterocycles. The molecular formula is C17H18FN3O2. The quantitative estimate of drug-likeness (QED) is 0.788. The second kappa shape index (κ2) is 8.11. The van der Waals surface area contributed by atoms with Gasteiger partial charge in [-0.2, -0.15) is 5.26 Å². The molecule has 2 rings (SSSR count). The highest BCUT2D eigenvalue weighted by Crippen LogP contribution is 2.16. The topological polar surface area (TPSA) is 60.5 Å². The molecule has 0 aliphatic carbocycles. The summed E-state index contributed by atoms with van der Waals surface area (Å²) in [6, 6.07) is 11.3. The fourth-order valence-electron chi connectivity index (χ4n) is 2.22. The van der Waals surface area contributed by atoms with E-state index in [0.717, 1.165) is 5.76 Å². The number of hydrogen-bond donors (Lipinski definition) is 0. The Kier molecular flexibility index (Phi) is 5.89. The number of nitriles is 1. The van der Waals surface area contributed by atoms with Crippen LogP contribution in [-0.4, -0.2) is 30.9 Å². The molecule has 2 aromatic rings. The van der Waals surface area contributed by atoms with Gasteiger partial charge in [0.15, 0.2) is 0 Å². The molecule has 0 fully saturated rings. The maximum atomic E-state index is 13.1. The molecule has 0 spiro atoms. The van der Waals surface area contributed by atoms with E-state index in [1.54, 1.807) is 12.3 Å². The van der Waals surface area contributed by atoms with Gasteiger partial charge in [-0.1, -0.05) is 0 Å². The van der Waals surface area contributed by atoms with E-state index in [-0.39, 0.29) is 31.2 Å². The van der Waals surface area contributed by atoms with Gasteiger partial charge in [-0.15, -0.1) is 0 Å². The standard InChI is InChI=1S/C17H18FN3O2/c1-20(12-16-4-2-11-23-16)13-17(22)21(10-3-9-19)15-7-5-14(18)6-8-15/h2,4-8,11H,3,10,12-13H2,1H3. The summed E-state index contributed by atoms with van der Waals surface area (Å²) in [5.74, 6) is 0.253. The summed E-state index contributed by atoms with van der Waals surface area (Å²) in [6.07, 6.45) is 1.80. The van der Waals surface area contributed by atoms with E-state index in [9.17, 15) is 9.18 Å². The van der Waals surface area contributed by atoms with Crippen molar-refractivity contribution < 1.29 is 13.6 Å². The lowest BCUT2D eigenvalue weighted by Gasteiger charge is -2.24. The summed E-state index contributed by atoms with van der Waals surface area (Å²) in [5.41, 5.74) is 0.582. The predicted octanol–water partition coefficient (Wildman–Crippen LogP) is 2.80. The zero-order chi connectivity index (χ0) is 16.7. The van der Waals surface area contributed by atoms with Gasteiger partial charge in [0.25, 0.3) is 0 Å². The summed E-state index contributed by atoms with van der Waals surface area (Å²) in [4.78, 5) is 15.8. The smallest absolute Gasteiger partial charge is 0.241 e. The maximum Gasteiger partial charge on any atom is 0.241 e. The first-order chi connectivity index (χ1) is 11.1. The molecule has 0 atom stereocenters. The summed E-state index contributed by atoms with van der Waals surface area (Å²) in [7, 11) is 1.81. The summed E-state index contributed by atoms with van der Waals surface area (Å²) in [5, 5.41) is 8.77. The fourth-order valence-corrected chi connectivity index (χ4v) is 2.22. The molecular weight excluding hydrogens is 297 g/mol. The minimum atomic E-state index is -0.364. The first-order valence-corrected chi connectivity index (χ1v) is 7.24. The lowest BCUT2D eigenvalue weighted by atomic mass is 10.2. The number of halogens is 1. The van der Waals surface area contributed by atoms with Crippen LogP contribution < -0.4 is 4.90 Å². The molecule has 0 saturated heterocycles. The van der Waals surface area contributed by atoms with E-state index in [4.69, 9.17) is 9.68 Å². The number of carbonyl (C=O) groups excluding carboxylic acids is 1. The van der Waals surface area contributed by atoms with E-state index in [1.165, 1.54) is 29.2 Å². The molecule has 1 amide bonds. The molecule has 0 unspecified atom stereocenters. The van der Waals surface area contributed by atoms with Crippen molar-refractivity contribution in [3.8, 4) is 6.07 Å². The third-order valence-electron chi connectivity index (χ3n) is 3.30. The molecule has 0 bridgehead atoms. The minimum Gasteiger partial charge on any atom is -0.468 e. The highest BCUT2D eigenvalue weighted by molar-refractivity contribution is 5.94. The predicted molar refractivity (Wildman–Crippen MR) is 84.0 cm³/mol. The average molecular weight is 315 g/mol. The molecule has 1 aromatic heterocycles. The van der Waals surface area contributed by atoms with Crippen molar-refractivity contribution in [1.82, 2.24) is 4.90 Å². The SMILES string of the molecule is CN(CC(=O)N(CCC#N)c1ccc(F)cc1)Cc1ccco1. The summed E-state index contributed by atoms with van der Waals surface area (Å²) < 4.78 is 18.3. The molecule has 0 radical (unpaired) electrons. The lowest BCUT2D eigenvalue weighted by Crippen LogP contribution is -2.39. The summed E-state index contributed by atoms with van der Waals surface area (Å²) >= 11 is 0. The van der Waals surface area contributed by atoms with Crippen molar-refractivity contribution in [1.29, 1.82) is 5.26 Å². The first-order valence-electron chi connectivity index (χ1n) is 7.24. The minimum absolute atomic E-state index is 0.152. The van der Waals surface area contributed by atoms with Gasteiger partial charge in [-0.3, -0.25) is 9.69 Å². The van der Waals surface area contributed by atoms with Gasteiger partial charge >= 0.3 is 0 Å². The Labute approximate surface area is 134 Å². The molecule has 120 valence electrons. The fraction of sp³-hybridized carbons (Fsp3) is 0.294. The molecule has 6 heteroatoms. The number of likely N-dealkylation sites (N-methyl/N-ethyl adjacent to an activating group) is 1. The molecule has 1 heterocycles. The van der Waals surface area contributed by atoms with Crippen molar-refractivity contribution in [3.05, 3.63) is 54.2 Å². The molecule has 1 aromatic carbocycles. The normalized spacial score (nSPS) is 10.5. The van der Waals surface area contributed by atoms with Gasteiger partial charge in [0, 0.05) is 12.2 Å². The maximum absolute atomic E-state index is 13.1. The van der Waals surface area contributed by atoms with Crippen LogP contribution in [0.5, 0.6) is 0 Å². The molecule has 0 aliphatic rings. The van der Waals surface area contributed by atoms with Crippen LogP contribution in [0.1, 0.15) is 12.2 Å². The van der Waals surface area contributed by atoms with Gasteiger partial charge in [0.2, 0.25) is 5.91 Å². The second-order valence-electron chi connectivity index (χ2n) is 5.18. The van der Waals surface area contributed by atoms with E-state index < -0.39 is 0 Å². The monoisotopic (exact) mass is 315 g/mol. The Balaban J connectivity index is 2.04. The van der Waals surface area contributed by atoms with Crippen molar-refractivity contribution in [2.45, 2.75) is 13.0 Å². The molecule has 23 heavy (non-hydrogen) atoms. The number of nitrogens with zero attached hydrogens (tertiary/aromatic N) is 3. The molecule has 0 N–H and O–H groups in total. The van der Waals surface area contributed by atoms with Crippen LogP contribution in [0.4, 0.5) is 10.1 Å². The Morgan fingerprint density at radius 1 is 1.30 bits per heavy atom. The van der Waals surface area contributed by atoms with E-state index >= 15 is 0 Å². The highest BCUT2D eigenvalue weighted by atomic mass is 19.1. The number of furan rings is 1. The van der Waals surface area contributed by atoms with Crippen LogP contribution in [0.2, 0.25) is 0 Å². The number of anilines is 1. The zero-order valence-corrected chi connectivity index (χ0v) is 12.9. The lowest BCUT2D eigenvalue weighted by molar-refractivity contribution is -0.119. The third-order valence-corrected chi connectivity index (χ3v) is 3.30. The van der Waals surface area contributed by atoms with Crippen LogP contribution in [0, 0.1) is 17.1 Å². The Morgan fingerprint density at radius 3 is 2.65 bits per heavy atom. The van der Waals surface area contributed by atoms with Gasteiger partial charge in [-0.05, 0) is 43.4 Å². The van der Waals surface area contributed by atoms with Crippen LogP contribution in [0.3, 0.4) is 0 Å². The van der Waals surface area contributed by atoms with Crippen molar-refractivity contribution in [2.75, 3.05) is 25.0 Å². The molecule has 0 saturated carbocycles. The second-order valence-corrected chi connectivity index (χ2v) is 5.18. The van der Waals surface area contributed by atoms with E-state index in [2.05, 4.69) is 0 Å².